The fourth-order valence-corrected chi connectivity index (χ4v) is 4.89. The van der Waals surface area contributed by atoms with Gasteiger partial charge in [-0.3, -0.25) is 23.4 Å². The summed E-state index contributed by atoms with van der Waals surface area (Å²) in [4.78, 5) is 19.7. The molecule has 0 aromatic heterocycles. The predicted molar refractivity (Wildman–Crippen MR) is 141 cm³/mol. The quantitative estimate of drug-likeness (QED) is 0.361. The number of carbonyl (C=O) groups excluding carboxylic acids is 1. The van der Waals surface area contributed by atoms with Crippen molar-refractivity contribution >= 4 is 26.7 Å². The van der Waals surface area contributed by atoms with Crippen molar-refractivity contribution in [1.82, 2.24) is 14.7 Å². The van der Waals surface area contributed by atoms with Gasteiger partial charge in [-0.1, -0.05) is 32.0 Å². The molecule has 15 heteroatoms. The van der Waals surface area contributed by atoms with E-state index in [9.17, 15) is 18.3 Å². The standard InChI is InChI=1S/C24H31N3O6S.H2O4S/c1-16(2)20-11-21(22(28)12-23(20)33-34(30,31)32)24(29)27-14-18-5-4-17(10-19(18)15-27)13-26-8-6-25(3)7-9-26;1-5(2,3)4/h4-5,10-12,16,28H,6-9,13-15H2,1-3H3,(H,30,31,32);(H2,1,2,3,4). The van der Waals surface area contributed by atoms with Crippen LogP contribution in [0.15, 0.2) is 30.3 Å². The number of piperazine rings is 1. The van der Waals surface area contributed by atoms with Crippen molar-refractivity contribution in [2.75, 3.05) is 33.2 Å². The smallest absolute Gasteiger partial charge is 0.446 e. The number of fused-ring (bicyclic) bond motifs is 1. The van der Waals surface area contributed by atoms with Gasteiger partial charge in [0.2, 0.25) is 0 Å². The number of benzene rings is 2. The zero-order valence-corrected chi connectivity index (χ0v) is 23.4. The number of nitrogens with zero attached hydrogens (tertiary/aromatic N) is 3. The molecule has 216 valence electrons. The van der Waals surface area contributed by atoms with Crippen molar-refractivity contribution < 1.29 is 44.6 Å². The molecule has 0 atom stereocenters. The van der Waals surface area contributed by atoms with Gasteiger partial charge in [0, 0.05) is 51.9 Å². The number of phenolic OH excluding ortho intramolecular Hbond substituents is 1. The second-order valence-electron chi connectivity index (χ2n) is 9.86. The van der Waals surface area contributed by atoms with Gasteiger partial charge in [-0.15, -0.1) is 0 Å². The van der Waals surface area contributed by atoms with Crippen molar-refractivity contribution in [3.8, 4) is 11.5 Å². The van der Waals surface area contributed by atoms with Crippen molar-refractivity contribution in [3.05, 3.63) is 58.1 Å². The lowest BCUT2D eigenvalue weighted by Gasteiger charge is -2.32. The molecule has 2 aromatic rings. The molecule has 2 aromatic carbocycles. The van der Waals surface area contributed by atoms with Crippen LogP contribution in [0.4, 0.5) is 0 Å². The van der Waals surface area contributed by atoms with E-state index in [1.807, 2.05) is 0 Å². The molecular weight excluding hydrogens is 554 g/mol. The van der Waals surface area contributed by atoms with Crippen LogP contribution in [0.25, 0.3) is 0 Å². The van der Waals surface area contributed by atoms with E-state index in [0.29, 0.717) is 18.7 Å². The van der Waals surface area contributed by atoms with Gasteiger partial charge in [-0.05, 0) is 41.3 Å². The molecule has 0 aliphatic carbocycles. The molecule has 0 spiro atoms. The third kappa shape index (κ3) is 9.13. The molecule has 0 saturated carbocycles. The summed E-state index contributed by atoms with van der Waals surface area (Å²) in [5.41, 5.74) is 3.84. The zero-order chi connectivity index (χ0) is 29.1. The molecule has 0 bridgehead atoms. The lowest BCUT2D eigenvalue weighted by molar-refractivity contribution is 0.0748. The average molecular weight is 588 g/mol. The van der Waals surface area contributed by atoms with Crippen LogP contribution in [-0.2, 0) is 40.4 Å². The highest BCUT2D eigenvalue weighted by atomic mass is 32.3. The fourth-order valence-electron chi connectivity index (χ4n) is 4.52. The van der Waals surface area contributed by atoms with Gasteiger partial charge in [0.25, 0.3) is 5.91 Å². The van der Waals surface area contributed by atoms with Crippen LogP contribution in [0.5, 0.6) is 11.5 Å². The SMILES string of the molecule is CC(C)c1cc(C(=O)N2Cc3ccc(CN4CCN(C)CC4)cc3C2)c(O)cc1OS(=O)(=O)O.O=S(=O)(O)O. The molecule has 2 aliphatic rings. The zero-order valence-electron chi connectivity index (χ0n) is 21.8. The highest BCUT2D eigenvalue weighted by Gasteiger charge is 2.28. The van der Waals surface area contributed by atoms with Crippen LogP contribution in [-0.4, -0.2) is 89.4 Å². The number of amides is 1. The number of hydrogen-bond acceptors (Lipinski definition) is 9. The molecule has 0 unspecified atom stereocenters. The molecule has 2 aliphatic heterocycles. The van der Waals surface area contributed by atoms with Crippen LogP contribution >= 0.6 is 0 Å². The van der Waals surface area contributed by atoms with Crippen molar-refractivity contribution in [2.45, 2.75) is 39.4 Å². The second-order valence-corrected chi connectivity index (χ2v) is 11.8. The molecular formula is C24H33N3O10S2. The van der Waals surface area contributed by atoms with Crippen molar-refractivity contribution in [2.24, 2.45) is 0 Å². The van der Waals surface area contributed by atoms with Gasteiger partial charge in [-0.25, -0.2) is 0 Å². The molecule has 1 amide bonds. The number of rotatable bonds is 6. The van der Waals surface area contributed by atoms with Crippen molar-refractivity contribution in [3.63, 3.8) is 0 Å². The third-order valence-corrected chi connectivity index (χ3v) is 6.85. The van der Waals surface area contributed by atoms with Gasteiger partial charge >= 0.3 is 20.8 Å². The first kappa shape index (κ1) is 30.7. The first-order valence-corrected chi connectivity index (χ1v) is 14.8. The summed E-state index contributed by atoms with van der Waals surface area (Å²) in [6, 6.07) is 8.83. The minimum atomic E-state index is -4.76. The van der Waals surface area contributed by atoms with Gasteiger partial charge in [0.05, 0.1) is 5.56 Å². The Morgan fingerprint density at radius 2 is 1.54 bits per heavy atom. The predicted octanol–water partition coefficient (Wildman–Crippen LogP) is 1.95. The van der Waals surface area contributed by atoms with Gasteiger partial charge in [0.15, 0.2) is 5.75 Å². The molecule has 2 heterocycles. The molecule has 0 radical (unpaired) electrons. The number of hydrogen-bond donors (Lipinski definition) is 4. The maximum absolute atomic E-state index is 13.3. The third-order valence-electron chi connectivity index (χ3n) is 6.46. The van der Waals surface area contributed by atoms with E-state index in [1.54, 1.807) is 18.7 Å². The fraction of sp³-hybridized carbons (Fsp3) is 0.458. The Morgan fingerprint density at radius 1 is 0.949 bits per heavy atom. The van der Waals surface area contributed by atoms with E-state index < -0.39 is 26.5 Å². The summed E-state index contributed by atoms with van der Waals surface area (Å²) < 4.78 is 67.6. The number of carbonyl (C=O) groups is 1. The number of phenols is 1. The molecule has 1 fully saturated rings. The molecule has 1 saturated heterocycles. The van der Waals surface area contributed by atoms with Crippen LogP contribution in [0.3, 0.4) is 0 Å². The lowest BCUT2D eigenvalue weighted by Crippen LogP contribution is -2.43. The van der Waals surface area contributed by atoms with Crippen LogP contribution in [0.1, 0.15) is 52.4 Å². The molecule has 13 nitrogen and oxygen atoms in total. The highest BCUT2D eigenvalue weighted by Crippen LogP contribution is 2.36. The minimum absolute atomic E-state index is 0.0665. The Balaban J connectivity index is 0.000000771. The van der Waals surface area contributed by atoms with Gasteiger partial charge in [-0.2, -0.15) is 16.8 Å². The Kier molecular flexibility index (Phi) is 9.59. The van der Waals surface area contributed by atoms with Crippen LogP contribution < -0.4 is 4.18 Å². The first-order chi connectivity index (χ1) is 18.0. The van der Waals surface area contributed by atoms with E-state index in [4.69, 9.17) is 22.1 Å². The topological polar surface area (TPSA) is 185 Å². The summed E-state index contributed by atoms with van der Waals surface area (Å²) in [5, 5.41) is 10.5. The van der Waals surface area contributed by atoms with E-state index in [1.165, 1.54) is 11.6 Å². The molecule has 4 N–H and O–H groups in total. The summed E-state index contributed by atoms with van der Waals surface area (Å²) in [6.45, 7) is 9.53. The first-order valence-electron chi connectivity index (χ1n) is 12.0. The van der Waals surface area contributed by atoms with Crippen molar-refractivity contribution in [1.29, 1.82) is 0 Å². The Labute approximate surface area is 228 Å². The second kappa shape index (κ2) is 12.2. The normalized spacial score (nSPS) is 16.5. The van der Waals surface area contributed by atoms with E-state index in [2.05, 4.69) is 39.2 Å². The largest absolute Gasteiger partial charge is 0.507 e. The molecule has 39 heavy (non-hydrogen) atoms. The summed E-state index contributed by atoms with van der Waals surface area (Å²) in [6.07, 6.45) is 0. The summed E-state index contributed by atoms with van der Waals surface area (Å²) >= 11 is 0. The summed E-state index contributed by atoms with van der Waals surface area (Å²) in [5.74, 6) is -1.17. The van der Waals surface area contributed by atoms with E-state index in [-0.39, 0.29) is 23.1 Å². The minimum Gasteiger partial charge on any atom is -0.507 e. The van der Waals surface area contributed by atoms with E-state index in [0.717, 1.165) is 49.9 Å². The lowest BCUT2D eigenvalue weighted by atomic mass is 9.98. The Hall–Kier alpha value is -2.79. The Morgan fingerprint density at radius 3 is 2.10 bits per heavy atom. The van der Waals surface area contributed by atoms with E-state index >= 15 is 0 Å². The van der Waals surface area contributed by atoms with Crippen LogP contribution in [0, 0.1) is 0 Å². The van der Waals surface area contributed by atoms with Gasteiger partial charge in [0.1, 0.15) is 5.75 Å². The molecule has 4 rings (SSSR count). The van der Waals surface area contributed by atoms with Crippen LogP contribution in [0.2, 0.25) is 0 Å². The number of likely N-dealkylation sites (N-methyl/N-ethyl adjacent to an activating group) is 1. The highest BCUT2D eigenvalue weighted by molar-refractivity contribution is 7.81. The Bertz CT molecular complexity index is 1410. The average Bonchev–Trinajstić information content (AvgIpc) is 3.21. The summed E-state index contributed by atoms with van der Waals surface area (Å²) in [7, 11) is -7.30. The monoisotopic (exact) mass is 587 g/mol. The maximum Gasteiger partial charge on any atom is 0.446 e. The van der Waals surface area contributed by atoms with Gasteiger partial charge < -0.3 is 19.1 Å². The maximum atomic E-state index is 13.3. The number of aromatic hydroxyl groups is 1.